The average Bonchev–Trinajstić information content (AvgIpc) is 2.33. The molecule has 0 aliphatic heterocycles. The smallest absolute Gasteiger partial charge is 0.0589 e. The van der Waals surface area contributed by atoms with Gasteiger partial charge in [0.1, 0.15) is 0 Å². The molecule has 0 aromatic heterocycles. The molecule has 0 radical (unpaired) electrons. The van der Waals surface area contributed by atoms with Gasteiger partial charge in [-0.1, -0.05) is 27.7 Å². The summed E-state index contributed by atoms with van der Waals surface area (Å²) in [6.45, 7) is 12.5. The molecule has 0 heterocycles. The van der Waals surface area contributed by atoms with E-state index in [0.717, 1.165) is 13.2 Å². The summed E-state index contributed by atoms with van der Waals surface area (Å²) in [5.41, 5.74) is 0.473. The third-order valence-electron chi connectivity index (χ3n) is 4.38. The van der Waals surface area contributed by atoms with Crippen molar-refractivity contribution in [2.45, 2.75) is 59.0 Å². The molecule has 1 rings (SSSR count). The highest BCUT2D eigenvalue weighted by Crippen LogP contribution is 2.37. The van der Waals surface area contributed by atoms with Gasteiger partial charge in [0.05, 0.1) is 6.61 Å². The van der Waals surface area contributed by atoms with E-state index >= 15 is 0 Å². The Labute approximate surface area is 120 Å². The number of rotatable bonds is 7. The van der Waals surface area contributed by atoms with E-state index in [2.05, 4.69) is 45.0 Å². The first kappa shape index (κ1) is 16.9. The minimum absolute atomic E-state index is 0.473. The zero-order chi connectivity index (χ0) is 14.5. The van der Waals surface area contributed by atoms with Gasteiger partial charge in [0.2, 0.25) is 0 Å². The van der Waals surface area contributed by atoms with Crippen molar-refractivity contribution in [3.05, 3.63) is 0 Å². The molecule has 1 saturated carbocycles. The molecule has 1 aliphatic rings. The van der Waals surface area contributed by atoms with Crippen molar-refractivity contribution >= 4 is 0 Å². The lowest BCUT2D eigenvalue weighted by atomic mass is 9.72. The fourth-order valence-electron chi connectivity index (χ4n) is 3.34. The lowest BCUT2D eigenvalue weighted by Gasteiger charge is -2.46. The highest BCUT2D eigenvalue weighted by Gasteiger charge is 2.37. The van der Waals surface area contributed by atoms with Gasteiger partial charge in [-0.2, -0.15) is 0 Å². The number of nitrogens with zero attached hydrogens (tertiary/aromatic N) is 1. The number of ether oxygens (including phenoxy) is 1. The average molecular weight is 270 g/mol. The topological polar surface area (TPSA) is 24.5 Å². The molecule has 0 spiro atoms. The fraction of sp³-hybridized carbons (Fsp3) is 1.00. The molecule has 0 amide bonds. The normalized spacial score (nSPS) is 27.2. The second kappa shape index (κ2) is 7.61. The first-order valence-electron chi connectivity index (χ1n) is 7.80. The van der Waals surface area contributed by atoms with E-state index in [9.17, 15) is 0 Å². The van der Waals surface area contributed by atoms with Crippen LogP contribution in [0.25, 0.3) is 0 Å². The SMILES string of the molecule is CNC1CCC(C)(C)CC1N(CCOC)CC(C)C. The molecule has 0 aromatic carbocycles. The maximum absolute atomic E-state index is 5.30. The Kier molecular flexibility index (Phi) is 6.78. The van der Waals surface area contributed by atoms with Crippen LogP contribution in [-0.2, 0) is 4.74 Å². The summed E-state index contributed by atoms with van der Waals surface area (Å²) in [5.74, 6) is 0.708. The third kappa shape index (κ3) is 5.41. The second-order valence-corrected chi connectivity index (χ2v) is 7.25. The minimum Gasteiger partial charge on any atom is -0.383 e. The molecule has 114 valence electrons. The quantitative estimate of drug-likeness (QED) is 0.770. The molecule has 1 N–H and O–H groups in total. The summed E-state index contributed by atoms with van der Waals surface area (Å²) in [7, 11) is 3.91. The van der Waals surface area contributed by atoms with Gasteiger partial charge in [-0.15, -0.1) is 0 Å². The molecule has 1 aliphatic carbocycles. The first-order chi connectivity index (χ1) is 8.89. The Morgan fingerprint density at radius 3 is 2.58 bits per heavy atom. The van der Waals surface area contributed by atoms with Gasteiger partial charge in [-0.05, 0) is 37.6 Å². The van der Waals surface area contributed by atoms with Crippen LogP contribution in [0.2, 0.25) is 0 Å². The zero-order valence-corrected chi connectivity index (χ0v) is 13.8. The van der Waals surface area contributed by atoms with Crippen molar-refractivity contribution in [3.63, 3.8) is 0 Å². The molecule has 3 heteroatoms. The van der Waals surface area contributed by atoms with Crippen LogP contribution in [0.3, 0.4) is 0 Å². The number of hydrogen-bond acceptors (Lipinski definition) is 3. The summed E-state index contributed by atoms with van der Waals surface area (Å²) in [6.07, 6.45) is 3.90. The van der Waals surface area contributed by atoms with Crippen molar-refractivity contribution in [1.82, 2.24) is 10.2 Å². The number of likely N-dealkylation sites (N-methyl/N-ethyl adjacent to an activating group) is 1. The summed E-state index contributed by atoms with van der Waals surface area (Å²) in [4.78, 5) is 2.65. The monoisotopic (exact) mass is 270 g/mol. The Morgan fingerprint density at radius 1 is 1.37 bits per heavy atom. The Morgan fingerprint density at radius 2 is 2.05 bits per heavy atom. The number of nitrogens with one attached hydrogen (secondary N) is 1. The Balaban J connectivity index is 2.75. The summed E-state index contributed by atoms with van der Waals surface area (Å²) in [5, 5.41) is 3.54. The van der Waals surface area contributed by atoms with Crippen LogP contribution in [0.4, 0.5) is 0 Å². The van der Waals surface area contributed by atoms with E-state index < -0.39 is 0 Å². The predicted molar refractivity (Wildman–Crippen MR) is 82.6 cm³/mol. The van der Waals surface area contributed by atoms with Gasteiger partial charge in [0.25, 0.3) is 0 Å². The van der Waals surface area contributed by atoms with E-state index in [1.807, 2.05) is 0 Å². The summed E-state index contributed by atoms with van der Waals surface area (Å²) in [6, 6.07) is 1.27. The van der Waals surface area contributed by atoms with E-state index in [1.54, 1.807) is 7.11 Å². The number of methoxy groups -OCH3 is 1. The fourth-order valence-corrected chi connectivity index (χ4v) is 3.34. The summed E-state index contributed by atoms with van der Waals surface area (Å²) >= 11 is 0. The van der Waals surface area contributed by atoms with Gasteiger partial charge in [0.15, 0.2) is 0 Å². The second-order valence-electron chi connectivity index (χ2n) is 7.25. The van der Waals surface area contributed by atoms with Crippen LogP contribution in [0.5, 0.6) is 0 Å². The lowest BCUT2D eigenvalue weighted by molar-refractivity contribution is 0.0408. The standard InChI is InChI=1S/C16H34N2O/c1-13(2)12-18(9-10-19-6)15-11-16(3,4)8-7-14(15)17-5/h13-15,17H,7-12H2,1-6H3. The molecule has 3 nitrogen and oxygen atoms in total. The van der Waals surface area contributed by atoms with E-state index in [1.165, 1.54) is 25.8 Å². The van der Waals surface area contributed by atoms with Crippen molar-refractivity contribution in [1.29, 1.82) is 0 Å². The van der Waals surface area contributed by atoms with Crippen LogP contribution in [0, 0.1) is 11.3 Å². The van der Waals surface area contributed by atoms with Gasteiger partial charge in [0, 0.05) is 32.3 Å². The summed E-state index contributed by atoms with van der Waals surface area (Å²) < 4.78 is 5.30. The van der Waals surface area contributed by atoms with E-state index in [-0.39, 0.29) is 0 Å². The van der Waals surface area contributed by atoms with Gasteiger partial charge >= 0.3 is 0 Å². The highest BCUT2D eigenvalue weighted by atomic mass is 16.5. The third-order valence-corrected chi connectivity index (χ3v) is 4.38. The molecule has 0 bridgehead atoms. The van der Waals surface area contributed by atoms with Crippen LogP contribution in [0.15, 0.2) is 0 Å². The molecular formula is C16H34N2O. The molecule has 0 aromatic rings. The molecule has 1 fully saturated rings. The van der Waals surface area contributed by atoms with Crippen LogP contribution in [-0.4, -0.2) is 50.8 Å². The molecule has 2 unspecified atom stereocenters. The van der Waals surface area contributed by atoms with Crippen molar-refractivity contribution < 1.29 is 4.74 Å². The van der Waals surface area contributed by atoms with Gasteiger partial charge in [-0.3, -0.25) is 4.90 Å². The number of hydrogen-bond donors (Lipinski definition) is 1. The molecule has 2 atom stereocenters. The maximum atomic E-state index is 5.30. The van der Waals surface area contributed by atoms with Crippen molar-refractivity contribution in [2.24, 2.45) is 11.3 Å². The zero-order valence-electron chi connectivity index (χ0n) is 13.8. The molecule has 19 heavy (non-hydrogen) atoms. The molecule has 0 saturated heterocycles. The predicted octanol–water partition coefficient (Wildman–Crippen LogP) is 2.76. The highest BCUT2D eigenvalue weighted by molar-refractivity contribution is 4.94. The van der Waals surface area contributed by atoms with Crippen LogP contribution >= 0.6 is 0 Å². The van der Waals surface area contributed by atoms with Gasteiger partial charge < -0.3 is 10.1 Å². The van der Waals surface area contributed by atoms with Gasteiger partial charge in [-0.25, -0.2) is 0 Å². The van der Waals surface area contributed by atoms with Crippen LogP contribution < -0.4 is 5.32 Å². The van der Waals surface area contributed by atoms with Crippen LogP contribution in [0.1, 0.15) is 47.0 Å². The first-order valence-corrected chi connectivity index (χ1v) is 7.80. The Hall–Kier alpha value is -0.120. The van der Waals surface area contributed by atoms with E-state index in [4.69, 9.17) is 4.74 Å². The Bertz CT molecular complexity index is 253. The van der Waals surface area contributed by atoms with E-state index in [0.29, 0.717) is 23.4 Å². The molecular weight excluding hydrogens is 236 g/mol. The minimum atomic E-state index is 0.473. The maximum Gasteiger partial charge on any atom is 0.0589 e. The largest absolute Gasteiger partial charge is 0.383 e. The van der Waals surface area contributed by atoms with Crippen molar-refractivity contribution in [2.75, 3.05) is 33.9 Å². The lowest BCUT2D eigenvalue weighted by Crippen LogP contribution is -2.55. The van der Waals surface area contributed by atoms with Crippen molar-refractivity contribution in [3.8, 4) is 0 Å².